The van der Waals surface area contributed by atoms with Crippen molar-refractivity contribution in [3.8, 4) is 0 Å². The molecular formula is C36H68F2N4O5S. The maximum Gasteiger partial charge on any atom is 0.243 e. The molecule has 1 aromatic rings. The molecule has 0 heterocycles. The number of aliphatic hydroxyl groups is 2. The van der Waals surface area contributed by atoms with Gasteiger partial charge in [0.2, 0.25) is 17.7 Å². The molecule has 48 heavy (non-hydrogen) atoms. The van der Waals surface area contributed by atoms with Gasteiger partial charge in [-0.2, -0.15) is 11.8 Å². The van der Waals surface area contributed by atoms with Gasteiger partial charge in [0.1, 0.15) is 23.8 Å². The third kappa shape index (κ3) is 37.6. The number of thioether (sulfide) groups is 1. The number of amides is 3. The van der Waals surface area contributed by atoms with Crippen LogP contribution < -0.4 is 16.0 Å². The van der Waals surface area contributed by atoms with Crippen LogP contribution in [0, 0.1) is 24.0 Å². The lowest BCUT2D eigenvalue weighted by Crippen LogP contribution is -2.54. The number of hydrogen-bond acceptors (Lipinski definition) is 7. The van der Waals surface area contributed by atoms with Gasteiger partial charge in [-0.05, 0) is 62.8 Å². The molecule has 0 aliphatic carbocycles. The maximum absolute atomic E-state index is 12.4. The summed E-state index contributed by atoms with van der Waals surface area (Å²) >= 11 is 1.58. The number of aryl methyl sites for hydroxylation is 1. The minimum absolute atomic E-state index is 0.169. The summed E-state index contributed by atoms with van der Waals surface area (Å²) in [5, 5.41) is 34.8. The summed E-state index contributed by atoms with van der Waals surface area (Å²) in [4.78, 5) is 35.1. The molecular weight excluding hydrogens is 638 g/mol. The van der Waals surface area contributed by atoms with Crippen molar-refractivity contribution in [1.29, 1.82) is 5.41 Å². The summed E-state index contributed by atoms with van der Waals surface area (Å²) in [6, 6.07) is 2.13. The second-order valence-electron chi connectivity index (χ2n) is 9.90. The van der Waals surface area contributed by atoms with Gasteiger partial charge in [-0.1, -0.05) is 73.8 Å². The van der Waals surface area contributed by atoms with E-state index in [1.54, 1.807) is 24.8 Å². The van der Waals surface area contributed by atoms with Crippen LogP contribution in [-0.2, 0) is 14.4 Å². The quantitative estimate of drug-likeness (QED) is 0.0612. The molecule has 1 aromatic carbocycles. The second-order valence-corrected chi connectivity index (χ2v) is 11.1. The third-order valence-corrected chi connectivity index (χ3v) is 6.53. The highest BCUT2D eigenvalue weighted by Gasteiger charge is 2.28. The Morgan fingerprint density at radius 1 is 0.938 bits per heavy atom. The van der Waals surface area contributed by atoms with Crippen LogP contribution in [-0.4, -0.2) is 76.5 Å². The van der Waals surface area contributed by atoms with Gasteiger partial charge >= 0.3 is 0 Å². The van der Waals surface area contributed by atoms with E-state index < -0.39 is 41.8 Å². The number of carbonyl (C=O) groups is 3. The Hall–Kier alpha value is -2.83. The van der Waals surface area contributed by atoms with E-state index in [-0.39, 0.29) is 18.4 Å². The largest absolute Gasteiger partial charge is 0.388 e. The first-order valence-electron chi connectivity index (χ1n) is 17.0. The highest BCUT2D eigenvalue weighted by atomic mass is 32.2. The topological polar surface area (TPSA) is 152 Å². The lowest BCUT2D eigenvalue weighted by atomic mass is 9.99. The fourth-order valence-electron chi connectivity index (χ4n) is 3.30. The molecule has 0 saturated carbocycles. The van der Waals surface area contributed by atoms with Gasteiger partial charge in [0, 0.05) is 32.2 Å². The molecule has 0 bridgehead atoms. The fraction of sp³-hybridized carbons (Fsp3) is 0.667. The molecule has 12 heteroatoms. The first kappa shape index (κ1) is 54.6. The number of unbranched alkanes of at least 4 members (excludes halogenated alkanes) is 2. The molecule has 0 radical (unpaired) electrons. The number of hydrogen-bond donors (Lipinski definition) is 6. The van der Waals surface area contributed by atoms with E-state index in [2.05, 4.69) is 29.5 Å². The molecule has 0 aliphatic rings. The van der Waals surface area contributed by atoms with Crippen LogP contribution in [0.15, 0.2) is 30.9 Å². The van der Waals surface area contributed by atoms with Gasteiger partial charge in [-0.3, -0.25) is 14.4 Å². The third-order valence-electron chi connectivity index (χ3n) is 5.38. The average Bonchev–Trinajstić information content (AvgIpc) is 3.04. The second kappa shape index (κ2) is 40.3. The SMILES string of the molecule is C=CC.CC.CC.CCC=N.CCCCSCC(NC(C)=O)C(=O)NCC(O)C(O)C(CCCC)NC(C)=O.Cc1cc(F)cc(F)c1. The van der Waals surface area contributed by atoms with Crippen LogP contribution in [0.25, 0.3) is 0 Å². The Balaban J connectivity index is -0.000000249. The van der Waals surface area contributed by atoms with Gasteiger partial charge in [-0.25, -0.2) is 8.78 Å². The Kier molecular flexibility index (Phi) is 45.9. The smallest absolute Gasteiger partial charge is 0.243 e. The summed E-state index contributed by atoms with van der Waals surface area (Å²) < 4.78 is 24.4. The Morgan fingerprint density at radius 3 is 1.77 bits per heavy atom. The normalized spacial score (nSPS) is 11.7. The monoisotopic (exact) mass is 706 g/mol. The van der Waals surface area contributed by atoms with E-state index in [4.69, 9.17) is 5.41 Å². The summed E-state index contributed by atoms with van der Waals surface area (Å²) in [7, 11) is 0. The molecule has 0 aliphatic heterocycles. The van der Waals surface area contributed by atoms with E-state index in [0.717, 1.165) is 43.9 Å². The zero-order valence-corrected chi connectivity index (χ0v) is 32.4. The van der Waals surface area contributed by atoms with Gasteiger partial charge in [0.25, 0.3) is 0 Å². The van der Waals surface area contributed by atoms with Crippen LogP contribution >= 0.6 is 11.8 Å². The van der Waals surface area contributed by atoms with Crippen LogP contribution in [0.3, 0.4) is 0 Å². The van der Waals surface area contributed by atoms with Crippen molar-refractivity contribution in [2.24, 2.45) is 0 Å². The van der Waals surface area contributed by atoms with Gasteiger partial charge in [0.05, 0.1) is 12.1 Å². The van der Waals surface area contributed by atoms with Crippen molar-refractivity contribution in [3.63, 3.8) is 0 Å². The average molecular weight is 707 g/mol. The predicted molar refractivity (Wildman–Crippen MR) is 201 cm³/mol. The number of carbonyl (C=O) groups excluding carboxylic acids is 3. The lowest BCUT2D eigenvalue weighted by molar-refractivity contribution is -0.128. The molecule has 6 N–H and O–H groups in total. The Labute approximate surface area is 295 Å². The standard InChI is InChI=1S/C19H37N3O5S.C7H6F2.C3H7N.C3H6.2C2H6/c1-5-7-9-15(21-13(3)23)18(26)17(25)11-20-19(27)16(22-14(4)24)12-28-10-8-6-2;1-5-2-6(8)4-7(9)3-5;1-2-3-4;1-3-2;2*1-2/h15-18,25-26H,5-12H2,1-4H3,(H,20,27)(H,21,23)(H,22,24);2-4H,1H3;3-4H,2H2,1H3;3H,1H2,2H3;2*1-2H3. The van der Waals surface area contributed by atoms with Crippen LogP contribution in [0.4, 0.5) is 8.78 Å². The summed E-state index contributed by atoms with van der Waals surface area (Å²) in [5.41, 5.74) is 0.604. The molecule has 0 aromatic heterocycles. The zero-order valence-electron chi connectivity index (χ0n) is 31.6. The minimum atomic E-state index is -1.23. The fourth-order valence-corrected chi connectivity index (χ4v) is 4.43. The number of halogens is 2. The van der Waals surface area contributed by atoms with Crippen LogP contribution in [0.2, 0.25) is 0 Å². The summed E-state index contributed by atoms with van der Waals surface area (Å²) in [5.74, 6) is -0.699. The highest BCUT2D eigenvalue weighted by molar-refractivity contribution is 7.99. The predicted octanol–water partition coefficient (Wildman–Crippen LogP) is 7.12. The van der Waals surface area contributed by atoms with Crippen molar-refractivity contribution >= 4 is 35.7 Å². The summed E-state index contributed by atoms with van der Waals surface area (Å²) in [6.45, 7) is 23.4. The molecule has 3 amide bonds. The lowest BCUT2D eigenvalue weighted by Gasteiger charge is -2.28. The highest BCUT2D eigenvalue weighted by Crippen LogP contribution is 2.10. The van der Waals surface area contributed by atoms with Crippen LogP contribution in [0.1, 0.15) is 113 Å². The van der Waals surface area contributed by atoms with E-state index in [9.17, 15) is 33.4 Å². The molecule has 0 spiro atoms. The zero-order chi connectivity index (χ0) is 38.5. The van der Waals surface area contributed by atoms with Crippen molar-refractivity contribution in [3.05, 3.63) is 48.1 Å². The van der Waals surface area contributed by atoms with Crippen molar-refractivity contribution in [2.75, 3.05) is 18.1 Å². The molecule has 282 valence electrons. The van der Waals surface area contributed by atoms with E-state index in [1.807, 2.05) is 48.5 Å². The molecule has 4 atom stereocenters. The van der Waals surface area contributed by atoms with E-state index >= 15 is 0 Å². The number of allylic oxidation sites excluding steroid dienone is 1. The molecule has 9 nitrogen and oxygen atoms in total. The maximum atomic E-state index is 12.4. The minimum Gasteiger partial charge on any atom is -0.388 e. The van der Waals surface area contributed by atoms with Crippen molar-refractivity contribution < 1.29 is 33.4 Å². The Bertz CT molecular complexity index is 891. The molecule has 0 saturated heterocycles. The van der Waals surface area contributed by atoms with Crippen molar-refractivity contribution in [1.82, 2.24) is 16.0 Å². The van der Waals surface area contributed by atoms with E-state index in [1.165, 1.54) is 32.2 Å². The van der Waals surface area contributed by atoms with Gasteiger partial charge in [0.15, 0.2) is 0 Å². The number of nitrogens with one attached hydrogen (secondary N) is 4. The Morgan fingerprint density at radius 2 is 1.40 bits per heavy atom. The summed E-state index contributed by atoms with van der Waals surface area (Å²) in [6.07, 6.45) is 5.86. The number of rotatable bonds is 16. The van der Waals surface area contributed by atoms with Crippen molar-refractivity contribution in [2.45, 2.75) is 139 Å². The van der Waals surface area contributed by atoms with E-state index in [0.29, 0.717) is 17.7 Å². The molecule has 0 fully saturated rings. The number of aliphatic hydroxyl groups excluding tert-OH is 2. The van der Waals surface area contributed by atoms with Crippen LogP contribution in [0.5, 0.6) is 0 Å². The van der Waals surface area contributed by atoms with Gasteiger partial charge in [-0.15, -0.1) is 6.58 Å². The molecule has 1 rings (SSSR count). The van der Waals surface area contributed by atoms with Gasteiger partial charge < -0.3 is 31.6 Å². The number of benzene rings is 1. The molecule has 4 unspecified atom stereocenters. The first-order valence-corrected chi connectivity index (χ1v) is 18.1. The first-order chi connectivity index (χ1) is 22.7.